The van der Waals surface area contributed by atoms with E-state index >= 15 is 0 Å². The van der Waals surface area contributed by atoms with Crippen molar-refractivity contribution in [2.24, 2.45) is 13.0 Å². The fraction of sp³-hybridized carbons (Fsp3) is 0.382. The van der Waals surface area contributed by atoms with Gasteiger partial charge < -0.3 is 24.7 Å². The molecule has 0 atom stereocenters. The summed E-state index contributed by atoms with van der Waals surface area (Å²) in [5.74, 6) is 2.21. The fourth-order valence-corrected chi connectivity index (χ4v) is 12.0. The number of nitrogens with zero attached hydrogens (tertiary/aromatic N) is 8. The maximum absolute atomic E-state index is 13.7. The lowest BCUT2D eigenvalue weighted by molar-refractivity contribution is -0.120. The maximum atomic E-state index is 13.7. The van der Waals surface area contributed by atoms with E-state index in [0.29, 0.717) is 59.9 Å². The first-order chi connectivity index (χ1) is 35.0. The second-order valence-electron chi connectivity index (χ2n) is 19.6. The van der Waals surface area contributed by atoms with Gasteiger partial charge in [0.25, 0.3) is 5.91 Å². The SMILES string of the molecule is Cc1c(OC2CCC(CCCN3CCN(c4ccc5c(N6CCC(=O)NC6=O)nn(C)c5c4)CC3)CC2)cccc1-c1ccc(N2CCc3cccc(C(=O)Nc4nc5ccccc5s4)c3C2)nc1C(O)O. The number of ether oxygens (including phenoxy) is 1. The van der Waals surface area contributed by atoms with Gasteiger partial charge in [-0.1, -0.05) is 47.7 Å². The van der Waals surface area contributed by atoms with E-state index in [1.54, 1.807) is 4.90 Å². The normalized spacial score (nSPS) is 18.8. The molecule has 2 saturated heterocycles. The van der Waals surface area contributed by atoms with E-state index in [9.17, 15) is 24.6 Å². The van der Waals surface area contributed by atoms with Gasteiger partial charge >= 0.3 is 6.03 Å². The predicted octanol–water partition coefficient (Wildman–Crippen LogP) is 8.34. The van der Waals surface area contributed by atoms with Crippen molar-refractivity contribution in [1.82, 2.24) is 30.0 Å². The van der Waals surface area contributed by atoms with E-state index in [2.05, 4.69) is 53.6 Å². The van der Waals surface area contributed by atoms with Gasteiger partial charge in [-0.05, 0) is 141 Å². The number of aliphatic hydroxyl groups excluding tert-OH is 1. The number of urea groups is 1. The summed E-state index contributed by atoms with van der Waals surface area (Å²) in [5.41, 5.74) is 8.15. The number of rotatable bonds is 13. The molecule has 4 aromatic carbocycles. The number of hydrogen-bond donors (Lipinski definition) is 4. The number of piperazine rings is 1. The van der Waals surface area contributed by atoms with Crippen molar-refractivity contribution < 1.29 is 29.3 Å². The van der Waals surface area contributed by atoms with E-state index in [1.165, 1.54) is 24.2 Å². The number of aromatic nitrogens is 4. The molecule has 4 N–H and O–H groups in total. The number of para-hydroxylation sites is 1. The van der Waals surface area contributed by atoms with Gasteiger partial charge in [-0.3, -0.25) is 34.7 Å². The average Bonchev–Trinajstić information content (AvgIpc) is 3.96. The molecular formula is C55H60N10O6S. The monoisotopic (exact) mass is 988 g/mol. The van der Waals surface area contributed by atoms with Crippen LogP contribution in [0.1, 0.15) is 84.0 Å². The number of nitrogens with one attached hydrogen (secondary N) is 2. The van der Waals surface area contributed by atoms with E-state index in [0.717, 1.165) is 113 Å². The van der Waals surface area contributed by atoms with Crippen molar-refractivity contribution >= 4 is 72.8 Å². The third-order valence-electron chi connectivity index (χ3n) is 15.1. The number of aryl methyl sites for hydroxylation is 1. The highest BCUT2D eigenvalue weighted by molar-refractivity contribution is 7.22. The first-order valence-electron chi connectivity index (χ1n) is 25.2. The van der Waals surface area contributed by atoms with Crippen molar-refractivity contribution in [3.63, 3.8) is 0 Å². The van der Waals surface area contributed by atoms with Gasteiger partial charge in [-0.15, -0.1) is 0 Å². The van der Waals surface area contributed by atoms with Crippen LogP contribution in [0.4, 0.5) is 27.2 Å². The van der Waals surface area contributed by atoms with Crippen molar-refractivity contribution in [1.29, 1.82) is 0 Å². The van der Waals surface area contributed by atoms with Gasteiger partial charge in [-0.2, -0.15) is 5.10 Å². The number of imide groups is 1. The zero-order chi connectivity index (χ0) is 49.5. The number of carbonyl (C=O) groups excluding carboxylic acids is 3. The number of amides is 4. The molecule has 1 aliphatic carbocycles. The summed E-state index contributed by atoms with van der Waals surface area (Å²) in [7, 11) is 1.89. The molecule has 6 heterocycles. The van der Waals surface area contributed by atoms with Gasteiger partial charge in [0.05, 0.1) is 21.8 Å². The van der Waals surface area contributed by atoms with Crippen LogP contribution in [-0.2, 0) is 24.8 Å². The molecule has 0 bridgehead atoms. The number of benzene rings is 4. The topological polar surface area (TPSA) is 182 Å². The van der Waals surface area contributed by atoms with Crippen LogP contribution in [0.15, 0.2) is 91.0 Å². The lowest BCUT2D eigenvalue weighted by Gasteiger charge is -2.36. The molecule has 0 unspecified atom stereocenters. The summed E-state index contributed by atoms with van der Waals surface area (Å²) in [4.78, 5) is 56.0. The molecule has 4 aliphatic rings. The lowest BCUT2D eigenvalue weighted by Crippen LogP contribution is -2.49. The minimum absolute atomic E-state index is 0.119. The predicted molar refractivity (Wildman–Crippen MR) is 281 cm³/mol. The van der Waals surface area contributed by atoms with Gasteiger partial charge in [0.1, 0.15) is 17.3 Å². The molecule has 4 amide bonds. The van der Waals surface area contributed by atoms with Crippen LogP contribution < -0.4 is 30.1 Å². The molecule has 16 nitrogen and oxygen atoms in total. The first-order valence-corrected chi connectivity index (χ1v) is 26.1. The Kier molecular flexibility index (Phi) is 13.4. The second kappa shape index (κ2) is 20.3. The van der Waals surface area contributed by atoms with Crippen molar-refractivity contribution in [2.75, 3.05) is 65.8 Å². The second-order valence-corrected chi connectivity index (χ2v) is 20.6. The maximum Gasteiger partial charge on any atom is 0.329 e. The molecule has 3 fully saturated rings. The van der Waals surface area contributed by atoms with E-state index < -0.39 is 12.3 Å². The molecule has 3 aliphatic heterocycles. The third-order valence-corrected chi connectivity index (χ3v) is 16.1. The Morgan fingerprint density at radius 1 is 0.861 bits per heavy atom. The lowest BCUT2D eigenvalue weighted by atomic mass is 9.84. The molecule has 11 rings (SSSR count). The van der Waals surface area contributed by atoms with Crippen LogP contribution in [0, 0.1) is 12.8 Å². The Hall–Kier alpha value is -6.92. The number of carbonyl (C=O) groups is 3. The standard InChI is InChI=1S/C55H60N10O6S/c1-34-39(40-21-22-48(57-50(40)53(68)69)64-26-23-36-9-5-11-41(43(36)33-64)52(67)59-54-56-44-12-3-4-14-47(44)72-54)10-6-13-46(34)71-38-18-15-35(16-19-38)8-7-25-62-28-30-63(31-29-62)37-17-20-42-45(32-37)61(2)60-51(42)65-27-24-49(66)58-55(65)70/h3-6,9-14,17,20-22,32,35,38,53,68-69H,7-8,15-16,18-19,23-31,33H2,1-2H3,(H,56,59,67)(H,58,66,70). The first kappa shape index (κ1) is 47.4. The van der Waals surface area contributed by atoms with Gasteiger partial charge in [0.15, 0.2) is 17.2 Å². The van der Waals surface area contributed by atoms with Gasteiger partial charge in [0.2, 0.25) is 5.91 Å². The molecule has 0 radical (unpaired) electrons. The minimum Gasteiger partial charge on any atom is -0.490 e. The quantitative estimate of drug-likeness (QED) is 0.0813. The Balaban J connectivity index is 0.663. The van der Waals surface area contributed by atoms with E-state index in [-0.39, 0.29) is 30.0 Å². The zero-order valence-corrected chi connectivity index (χ0v) is 41.5. The molecule has 17 heteroatoms. The average molecular weight is 989 g/mol. The van der Waals surface area contributed by atoms with Crippen molar-refractivity contribution in [2.45, 2.75) is 77.2 Å². The number of hydrogen-bond acceptors (Lipinski definition) is 13. The Labute approximate surface area is 422 Å². The van der Waals surface area contributed by atoms with Crippen LogP contribution in [0.5, 0.6) is 5.75 Å². The Morgan fingerprint density at radius 3 is 2.49 bits per heavy atom. The smallest absolute Gasteiger partial charge is 0.329 e. The number of anilines is 4. The number of thiazole rings is 1. The van der Waals surface area contributed by atoms with E-state index in [1.807, 2.05) is 91.4 Å². The van der Waals surface area contributed by atoms with Gasteiger partial charge in [0, 0.05) is 81.5 Å². The summed E-state index contributed by atoms with van der Waals surface area (Å²) >= 11 is 1.45. The molecule has 7 aromatic rings. The molecule has 1 saturated carbocycles. The fourth-order valence-electron chi connectivity index (χ4n) is 11.1. The number of aliphatic hydroxyl groups is 2. The summed E-state index contributed by atoms with van der Waals surface area (Å²) in [6, 6.07) is 29.3. The van der Waals surface area contributed by atoms with E-state index in [4.69, 9.17) is 9.72 Å². The number of pyridine rings is 1. The minimum atomic E-state index is -1.80. The third kappa shape index (κ3) is 9.73. The zero-order valence-electron chi connectivity index (χ0n) is 40.7. The van der Waals surface area contributed by atoms with Crippen molar-refractivity contribution in [3.8, 4) is 16.9 Å². The largest absolute Gasteiger partial charge is 0.490 e. The summed E-state index contributed by atoms with van der Waals surface area (Å²) in [6.45, 7) is 8.47. The highest BCUT2D eigenvalue weighted by Crippen LogP contribution is 2.39. The molecule has 0 spiro atoms. The van der Waals surface area contributed by atoms with Gasteiger partial charge in [-0.25, -0.2) is 14.8 Å². The van der Waals surface area contributed by atoms with Crippen LogP contribution in [0.25, 0.3) is 32.2 Å². The Morgan fingerprint density at radius 2 is 1.68 bits per heavy atom. The summed E-state index contributed by atoms with van der Waals surface area (Å²) < 4.78 is 9.53. The summed E-state index contributed by atoms with van der Waals surface area (Å²) in [5, 5.41) is 33.0. The summed E-state index contributed by atoms with van der Waals surface area (Å²) in [6.07, 6.45) is 5.96. The molecule has 372 valence electrons. The number of fused-ring (bicyclic) bond motifs is 3. The van der Waals surface area contributed by atoms with Crippen LogP contribution in [-0.4, -0.2) is 105 Å². The van der Waals surface area contributed by atoms with Crippen LogP contribution >= 0.6 is 11.3 Å². The molecule has 3 aromatic heterocycles. The molecular weight excluding hydrogens is 929 g/mol. The van der Waals surface area contributed by atoms with Crippen molar-refractivity contribution in [3.05, 3.63) is 119 Å². The van der Waals surface area contributed by atoms with Crippen LogP contribution in [0.2, 0.25) is 0 Å². The van der Waals surface area contributed by atoms with Crippen LogP contribution in [0.3, 0.4) is 0 Å². The highest BCUT2D eigenvalue weighted by atomic mass is 32.1. The molecule has 72 heavy (non-hydrogen) atoms. The Bertz CT molecular complexity index is 3140. The highest BCUT2D eigenvalue weighted by Gasteiger charge is 2.30.